The largest absolute Gasteiger partial charge is 0.496 e. The monoisotopic (exact) mass is 341 g/mol. The van der Waals surface area contributed by atoms with Gasteiger partial charge in [0, 0.05) is 12.6 Å². The summed E-state index contributed by atoms with van der Waals surface area (Å²) in [7, 11) is -1.41. The molecule has 0 bridgehead atoms. The average molecular weight is 341 g/mol. The van der Waals surface area contributed by atoms with E-state index in [1.54, 1.807) is 31.2 Å². The molecule has 0 N–H and O–H groups in total. The molecule has 1 unspecified atom stereocenters. The second kappa shape index (κ2) is 6.64. The van der Waals surface area contributed by atoms with Crippen molar-refractivity contribution in [1.29, 1.82) is 0 Å². The van der Waals surface area contributed by atoms with E-state index in [2.05, 4.69) is 0 Å². The molecule has 23 heavy (non-hydrogen) atoms. The van der Waals surface area contributed by atoms with E-state index < -0.39 is 32.6 Å². The van der Waals surface area contributed by atoms with Crippen LogP contribution in [0.15, 0.2) is 47.4 Å². The van der Waals surface area contributed by atoms with Crippen LogP contribution in [0.2, 0.25) is 0 Å². The Morgan fingerprint density at radius 1 is 1.13 bits per heavy atom. The first-order valence-corrected chi connectivity index (χ1v) is 8.29. The highest BCUT2D eigenvalue weighted by molar-refractivity contribution is 7.89. The summed E-state index contributed by atoms with van der Waals surface area (Å²) in [6, 6.07) is 8.65. The van der Waals surface area contributed by atoms with Gasteiger partial charge in [-0.25, -0.2) is 17.2 Å². The maximum absolute atomic E-state index is 13.8. The highest BCUT2D eigenvalue weighted by atomic mass is 32.2. The van der Waals surface area contributed by atoms with Crippen molar-refractivity contribution in [2.24, 2.45) is 0 Å². The van der Waals surface area contributed by atoms with Gasteiger partial charge in [0.15, 0.2) is 0 Å². The van der Waals surface area contributed by atoms with E-state index in [1.165, 1.54) is 14.2 Å². The van der Waals surface area contributed by atoms with Gasteiger partial charge < -0.3 is 4.74 Å². The summed E-state index contributed by atoms with van der Waals surface area (Å²) in [5.41, 5.74) is 0.623. The second-order valence-corrected chi connectivity index (χ2v) is 6.98. The third-order valence-corrected chi connectivity index (χ3v) is 5.63. The van der Waals surface area contributed by atoms with Gasteiger partial charge in [0.2, 0.25) is 10.0 Å². The lowest BCUT2D eigenvalue weighted by Crippen LogP contribution is -2.30. The topological polar surface area (TPSA) is 46.6 Å². The normalized spacial score (nSPS) is 13.1. The van der Waals surface area contributed by atoms with E-state index in [0.717, 1.165) is 16.4 Å². The zero-order chi connectivity index (χ0) is 17.2. The Bertz CT molecular complexity index is 809. The molecule has 0 amide bonds. The predicted molar refractivity (Wildman–Crippen MR) is 82.7 cm³/mol. The number of para-hydroxylation sites is 1. The SMILES string of the molecule is COc1ccccc1C(C)N(C)S(=O)(=O)c1cc(F)ccc1F. The summed E-state index contributed by atoms with van der Waals surface area (Å²) in [6.07, 6.45) is 0. The van der Waals surface area contributed by atoms with Crippen molar-refractivity contribution in [1.82, 2.24) is 4.31 Å². The molecule has 0 saturated heterocycles. The molecule has 1 atom stereocenters. The van der Waals surface area contributed by atoms with Crippen LogP contribution in [0, 0.1) is 11.6 Å². The molecule has 0 aliphatic heterocycles. The maximum Gasteiger partial charge on any atom is 0.246 e. The van der Waals surface area contributed by atoms with E-state index in [9.17, 15) is 17.2 Å². The molecule has 4 nitrogen and oxygen atoms in total. The number of rotatable bonds is 5. The van der Waals surface area contributed by atoms with E-state index in [4.69, 9.17) is 4.74 Å². The number of ether oxygens (including phenoxy) is 1. The Labute approximate surface area is 134 Å². The van der Waals surface area contributed by atoms with Crippen LogP contribution in [-0.4, -0.2) is 26.9 Å². The molecule has 0 aromatic heterocycles. The zero-order valence-electron chi connectivity index (χ0n) is 13.0. The Balaban J connectivity index is 2.45. The highest BCUT2D eigenvalue weighted by Crippen LogP contribution is 2.32. The van der Waals surface area contributed by atoms with Crippen LogP contribution in [0.5, 0.6) is 5.75 Å². The minimum Gasteiger partial charge on any atom is -0.496 e. The summed E-state index contributed by atoms with van der Waals surface area (Å²) in [6.45, 7) is 1.65. The van der Waals surface area contributed by atoms with Gasteiger partial charge in [0.1, 0.15) is 22.3 Å². The summed E-state index contributed by atoms with van der Waals surface area (Å²) in [4.78, 5) is -0.693. The van der Waals surface area contributed by atoms with Crippen LogP contribution in [0.1, 0.15) is 18.5 Å². The molecule has 124 valence electrons. The first-order valence-electron chi connectivity index (χ1n) is 6.85. The van der Waals surface area contributed by atoms with Gasteiger partial charge in [0.05, 0.1) is 13.2 Å². The molecule has 0 spiro atoms. The summed E-state index contributed by atoms with van der Waals surface area (Å²) in [5.74, 6) is -1.30. The number of sulfonamides is 1. The van der Waals surface area contributed by atoms with Crippen LogP contribution < -0.4 is 4.74 Å². The first-order chi connectivity index (χ1) is 10.8. The van der Waals surface area contributed by atoms with Crippen LogP contribution in [0.3, 0.4) is 0 Å². The van der Waals surface area contributed by atoms with Crippen LogP contribution >= 0.6 is 0 Å². The van der Waals surface area contributed by atoms with E-state index in [0.29, 0.717) is 17.4 Å². The van der Waals surface area contributed by atoms with Gasteiger partial charge in [-0.05, 0) is 31.2 Å². The minimum atomic E-state index is -4.20. The highest BCUT2D eigenvalue weighted by Gasteiger charge is 2.30. The third kappa shape index (κ3) is 3.35. The molecule has 0 aliphatic carbocycles. The molecule has 2 aromatic rings. The fourth-order valence-corrected chi connectivity index (χ4v) is 3.66. The molecular weight excluding hydrogens is 324 g/mol. The van der Waals surface area contributed by atoms with Crippen molar-refractivity contribution < 1.29 is 21.9 Å². The van der Waals surface area contributed by atoms with Gasteiger partial charge in [-0.2, -0.15) is 4.31 Å². The average Bonchev–Trinajstić information content (AvgIpc) is 2.55. The Morgan fingerprint density at radius 3 is 2.43 bits per heavy atom. The molecule has 0 heterocycles. The molecule has 7 heteroatoms. The van der Waals surface area contributed by atoms with Gasteiger partial charge in [0.25, 0.3) is 0 Å². The Kier molecular flexibility index (Phi) is 5.01. The number of methoxy groups -OCH3 is 1. The van der Waals surface area contributed by atoms with Gasteiger partial charge in [-0.15, -0.1) is 0 Å². The smallest absolute Gasteiger partial charge is 0.246 e. The van der Waals surface area contributed by atoms with E-state index >= 15 is 0 Å². The summed E-state index contributed by atoms with van der Waals surface area (Å²) < 4.78 is 58.6. The Morgan fingerprint density at radius 2 is 1.78 bits per heavy atom. The molecule has 0 fully saturated rings. The molecular formula is C16H17F2NO3S. The van der Waals surface area contributed by atoms with Crippen molar-refractivity contribution in [3.05, 3.63) is 59.7 Å². The van der Waals surface area contributed by atoms with Crippen molar-refractivity contribution in [3.63, 3.8) is 0 Å². The fourth-order valence-electron chi connectivity index (χ4n) is 2.25. The second-order valence-electron chi connectivity index (χ2n) is 5.01. The Hall–Kier alpha value is -1.99. The summed E-state index contributed by atoms with van der Waals surface area (Å²) >= 11 is 0. The van der Waals surface area contributed by atoms with E-state index in [-0.39, 0.29) is 0 Å². The predicted octanol–water partition coefficient (Wildman–Crippen LogP) is 3.36. The molecule has 2 rings (SSSR count). The van der Waals surface area contributed by atoms with Crippen LogP contribution in [-0.2, 0) is 10.0 Å². The number of hydrogen-bond donors (Lipinski definition) is 0. The van der Waals surface area contributed by atoms with Crippen LogP contribution in [0.25, 0.3) is 0 Å². The quantitative estimate of drug-likeness (QED) is 0.838. The molecule has 2 aromatic carbocycles. The zero-order valence-corrected chi connectivity index (χ0v) is 13.8. The van der Waals surface area contributed by atoms with Gasteiger partial charge in [-0.3, -0.25) is 0 Å². The standard InChI is InChI=1S/C16H17F2NO3S/c1-11(13-6-4-5-7-15(13)22-3)19(2)23(20,21)16-10-12(17)8-9-14(16)18/h4-11H,1-3H3. The van der Waals surface area contributed by atoms with Crippen LogP contribution in [0.4, 0.5) is 8.78 Å². The summed E-state index contributed by atoms with van der Waals surface area (Å²) in [5, 5.41) is 0. The lowest BCUT2D eigenvalue weighted by Gasteiger charge is -2.26. The van der Waals surface area contributed by atoms with Crippen molar-refractivity contribution in [2.75, 3.05) is 14.2 Å². The lowest BCUT2D eigenvalue weighted by atomic mass is 10.1. The molecule has 0 saturated carbocycles. The first kappa shape index (κ1) is 17.4. The molecule has 0 radical (unpaired) electrons. The van der Waals surface area contributed by atoms with Crippen molar-refractivity contribution >= 4 is 10.0 Å². The number of nitrogens with zero attached hydrogens (tertiary/aromatic N) is 1. The maximum atomic E-state index is 13.8. The van der Waals surface area contributed by atoms with Gasteiger partial charge >= 0.3 is 0 Å². The number of halogens is 2. The lowest BCUT2D eigenvalue weighted by molar-refractivity contribution is 0.365. The third-order valence-electron chi connectivity index (χ3n) is 3.68. The van der Waals surface area contributed by atoms with Crippen molar-refractivity contribution in [3.8, 4) is 5.75 Å². The fraction of sp³-hybridized carbons (Fsp3) is 0.250. The molecule has 0 aliphatic rings. The van der Waals surface area contributed by atoms with E-state index in [1.807, 2.05) is 0 Å². The van der Waals surface area contributed by atoms with Crippen molar-refractivity contribution in [2.45, 2.75) is 17.9 Å². The number of benzene rings is 2. The number of hydrogen-bond acceptors (Lipinski definition) is 3. The van der Waals surface area contributed by atoms with Gasteiger partial charge in [-0.1, -0.05) is 18.2 Å². The minimum absolute atomic E-state index is 0.516.